The SMILES string of the molecule is CCOc1cc(C2C3=CCC4C(=O)N(c5ccc(C=Cc6cc(OC)ccc6OC)cc5)C(=O)C4C3CC3C(=O)N(Nc4ccc(C)cc4)C(=O)C32c2ccccc2)ccc1O. The normalized spacial score (nSPS) is 24.1. The van der Waals surface area contributed by atoms with Crippen LogP contribution in [0.1, 0.15) is 53.5 Å². The molecule has 0 aromatic heterocycles. The van der Waals surface area contributed by atoms with Crippen LogP contribution in [-0.4, -0.2) is 54.6 Å². The fourth-order valence-corrected chi connectivity index (χ4v) is 10.2. The smallest absolute Gasteiger partial charge is 0.260 e. The van der Waals surface area contributed by atoms with Gasteiger partial charge in [-0.05, 0) is 104 Å². The number of aromatic hydroxyl groups is 1. The fourth-order valence-electron chi connectivity index (χ4n) is 10.2. The van der Waals surface area contributed by atoms with Crippen LogP contribution >= 0.6 is 0 Å². The summed E-state index contributed by atoms with van der Waals surface area (Å²) in [4.78, 5) is 61.1. The van der Waals surface area contributed by atoms with Gasteiger partial charge < -0.3 is 19.3 Å². The number of nitrogens with one attached hydrogen (secondary N) is 1. The number of nitrogens with zero attached hydrogens (tertiary/aromatic N) is 2. The van der Waals surface area contributed by atoms with E-state index in [1.807, 2.05) is 117 Å². The van der Waals surface area contributed by atoms with Gasteiger partial charge in [0.05, 0.1) is 55.4 Å². The molecule has 4 amide bonds. The first-order valence-corrected chi connectivity index (χ1v) is 20.9. The summed E-state index contributed by atoms with van der Waals surface area (Å²) in [6.45, 7) is 4.07. The van der Waals surface area contributed by atoms with Crippen LogP contribution < -0.4 is 24.5 Å². The van der Waals surface area contributed by atoms with Crippen molar-refractivity contribution < 1.29 is 38.5 Å². The molecule has 11 heteroatoms. The van der Waals surface area contributed by atoms with Crippen LogP contribution in [0.15, 0.2) is 127 Å². The third kappa shape index (κ3) is 6.50. The average molecular weight is 830 g/mol. The van der Waals surface area contributed by atoms with E-state index in [-0.39, 0.29) is 42.8 Å². The zero-order valence-electron chi connectivity index (χ0n) is 34.9. The lowest BCUT2D eigenvalue weighted by atomic mass is 9.49. The number of amides is 4. The molecule has 0 spiro atoms. The molecule has 1 saturated carbocycles. The van der Waals surface area contributed by atoms with E-state index in [1.165, 1.54) is 4.90 Å². The number of phenols is 1. The Kier molecular flexibility index (Phi) is 10.4. The molecule has 62 heavy (non-hydrogen) atoms. The van der Waals surface area contributed by atoms with Crippen LogP contribution in [0.3, 0.4) is 0 Å². The van der Waals surface area contributed by atoms with Crippen molar-refractivity contribution in [1.29, 1.82) is 0 Å². The van der Waals surface area contributed by atoms with E-state index in [4.69, 9.17) is 14.2 Å². The number of imide groups is 2. The number of methoxy groups -OCH3 is 2. The number of anilines is 2. The van der Waals surface area contributed by atoms with Gasteiger partial charge in [0.2, 0.25) is 11.8 Å². The molecule has 6 unspecified atom stereocenters. The summed E-state index contributed by atoms with van der Waals surface area (Å²) in [5.74, 6) is -3.58. The molecule has 3 fully saturated rings. The van der Waals surface area contributed by atoms with Crippen molar-refractivity contribution in [2.45, 2.75) is 38.0 Å². The number of hydrogen-bond acceptors (Lipinski definition) is 9. The molecule has 0 bridgehead atoms. The highest BCUT2D eigenvalue weighted by Gasteiger charge is 2.70. The van der Waals surface area contributed by atoms with Gasteiger partial charge in [-0.15, -0.1) is 0 Å². The zero-order valence-corrected chi connectivity index (χ0v) is 34.9. The van der Waals surface area contributed by atoms with Crippen molar-refractivity contribution in [2.75, 3.05) is 31.2 Å². The number of hydrogen-bond donors (Lipinski definition) is 2. The number of allylic oxidation sites excluding steroid dienone is 2. The van der Waals surface area contributed by atoms with E-state index in [2.05, 4.69) is 5.43 Å². The van der Waals surface area contributed by atoms with Crippen molar-refractivity contribution >= 4 is 47.2 Å². The molecule has 4 aliphatic rings. The molecule has 2 saturated heterocycles. The minimum Gasteiger partial charge on any atom is -0.504 e. The third-order valence-electron chi connectivity index (χ3n) is 13.1. The van der Waals surface area contributed by atoms with E-state index in [0.29, 0.717) is 34.0 Å². The quantitative estimate of drug-likeness (QED) is 0.0764. The number of aryl methyl sites for hydroxylation is 1. The Hall–Kier alpha value is -7.14. The number of fused-ring (bicyclic) bond motifs is 4. The van der Waals surface area contributed by atoms with Crippen molar-refractivity contribution in [3.8, 4) is 23.0 Å². The van der Waals surface area contributed by atoms with Crippen molar-refractivity contribution in [3.05, 3.63) is 155 Å². The van der Waals surface area contributed by atoms with Crippen LogP contribution in [0.5, 0.6) is 23.0 Å². The fraction of sp³-hybridized carbons (Fsp3) is 0.255. The molecule has 2 aliphatic carbocycles. The van der Waals surface area contributed by atoms with Gasteiger partial charge in [0.15, 0.2) is 11.5 Å². The molecule has 6 atom stereocenters. The summed E-state index contributed by atoms with van der Waals surface area (Å²) in [6.07, 6.45) is 6.29. The Bertz CT molecular complexity index is 2640. The number of carbonyl (C=O) groups is 4. The number of phenolic OH excluding ortho intramolecular Hbond substituents is 1. The maximum atomic E-state index is 15.5. The summed E-state index contributed by atoms with van der Waals surface area (Å²) in [6, 6.07) is 34.7. The van der Waals surface area contributed by atoms with E-state index in [9.17, 15) is 14.7 Å². The van der Waals surface area contributed by atoms with Gasteiger partial charge in [-0.3, -0.25) is 29.5 Å². The van der Waals surface area contributed by atoms with Gasteiger partial charge in [0, 0.05) is 11.5 Å². The molecular weight excluding hydrogens is 783 g/mol. The zero-order chi connectivity index (χ0) is 43.3. The lowest BCUT2D eigenvalue weighted by Gasteiger charge is -2.50. The molecule has 2 aliphatic heterocycles. The number of ether oxygens (including phenoxy) is 3. The standard InChI is InChI=1S/C51H47N3O8/c1-5-62-44-28-33(17-25-42(44)55)46-38-23-24-39-45(49(58)53(47(39)56)36-20-14-31(15-21-36)13-16-32-27-37(60-3)22-26-43(32)61-4)40(38)29-41-48(57)54(52-35-18-11-30(2)12-19-35)50(59)51(41,46)34-9-7-6-8-10-34/h6-23,25-28,39-41,45-46,52,55H,5,24,29H2,1-4H3. The molecule has 2 heterocycles. The van der Waals surface area contributed by atoms with E-state index in [0.717, 1.165) is 27.3 Å². The summed E-state index contributed by atoms with van der Waals surface area (Å²) in [5.41, 5.74) is 7.54. The van der Waals surface area contributed by atoms with E-state index < -0.39 is 46.8 Å². The Labute approximate surface area is 360 Å². The average Bonchev–Trinajstić information content (AvgIpc) is 3.68. The maximum absolute atomic E-state index is 15.5. The van der Waals surface area contributed by atoms with Crippen molar-refractivity contribution in [1.82, 2.24) is 5.01 Å². The first-order valence-electron chi connectivity index (χ1n) is 20.9. The lowest BCUT2D eigenvalue weighted by molar-refractivity contribution is -0.138. The van der Waals surface area contributed by atoms with Crippen molar-refractivity contribution in [3.63, 3.8) is 0 Å². The predicted octanol–water partition coefficient (Wildman–Crippen LogP) is 8.48. The van der Waals surface area contributed by atoms with Crippen molar-refractivity contribution in [2.24, 2.45) is 23.7 Å². The highest BCUT2D eigenvalue weighted by molar-refractivity contribution is 6.22. The molecular formula is C51H47N3O8. The highest BCUT2D eigenvalue weighted by Crippen LogP contribution is 2.64. The number of carbonyl (C=O) groups excluding carboxylic acids is 4. The predicted molar refractivity (Wildman–Crippen MR) is 235 cm³/mol. The van der Waals surface area contributed by atoms with Crippen LogP contribution in [0.4, 0.5) is 11.4 Å². The third-order valence-corrected chi connectivity index (χ3v) is 13.1. The summed E-state index contributed by atoms with van der Waals surface area (Å²) in [5, 5.41) is 12.0. The first kappa shape index (κ1) is 40.3. The second kappa shape index (κ2) is 16.0. The number of rotatable bonds is 11. The largest absolute Gasteiger partial charge is 0.504 e. The van der Waals surface area contributed by atoms with E-state index in [1.54, 1.807) is 44.6 Å². The molecule has 314 valence electrons. The molecule has 9 rings (SSSR count). The maximum Gasteiger partial charge on any atom is 0.260 e. The lowest BCUT2D eigenvalue weighted by Crippen LogP contribution is -2.53. The van der Waals surface area contributed by atoms with Gasteiger partial charge in [-0.2, -0.15) is 5.01 Å². The van der Waals surface area contributed by atoms with Gasteiger partial charge >= 0.3 is 0 Å². The minimum absolute atomic E-state index is 0.0591. The molecule has 5 aromatic carbocycles. The molecule has 2 N–H and O–H groups in total. The minimum atomic E-state index is -1.45. The second-order valence-corrected chi connectivity index (χ2v) is 16.3. The number of benzene rings is 5. The van der Waals surface area contributed by atoms with Gasteiger partial charge in [0.1, 0.15) is 11.5 Å². The Morgan fingerprint density at radius 3 is 2.26 bits per heavy atom. The van der Waals surface area contributed by atoms with Gasteiger partial charge in [-0.1, -0.05) is 90.0 Å². The Morgan fingerprint density at radius 2 is 1.55 bits per heavy atom. The summed E-state index contributed by atoms with van der Waals surface area (Å²) < 4.78 is 16.8. The van der Waals surface area contributed by atoms with Gasteiger partial charge in [0.25, 0.3) is 11.8 Å². The van der Waals surface area contributed by atoms with Crippen LogP contribution in [0, 0.1) is 30.6 Å². The summed E-state index contributed by atoms with van der Waals surface area (Å²) >= 11 is 0. The Morgan fingerprint density at radius 1 is 0.790 bits per heavy atom. The molecule has 0 radical (unpaired) electrons. The molecule has 5 aromatic rings. The molecule has 11 nitrogen and oxygen atoms in total. The van der Waals surface area contributed by atoms with Gasteiger partial charge in [-0.25, -0.2) is 0 Å². The summed E-state index contributed by atoms with van der Waals surface area (Å²) in [7, 11) is 3.21. The van der Waals surface area contributed by atoms with E-state index >= 15 is 9.59 Å². The topological polar surface area (TPSA) is 135 Å². The van der Waals surface area contributed by atoms with Crippen LogP contribution in [-0.2, 0) is 24.6 Å². The highest BCUT2D eigenvalue weighted by atomic mass is 16.5. The van der Waals surface area contributed by atoms with Crippen LogP contribution in [0.2, 0.25) is 0 Å². The number of hydrazine groups is 1. The Balaban J connectivity index is 1.11. The van der Waals surface area contributed by atoms with Crippen LogP contribution in [0.25, 0.3) is 12.2 Å². The first-order chi connectivity index (χ1) is 30.1. The monoisotopic (exact) mass is 829 g/mol. The second-order valence-electron chi connectivity index (χ2n) is 16.3.